The Balaban J connectivity index is 2.16. The number of ether oxygens (including phenoxy) is 4. The van der Waals surface area contributed by atoms with Crippen molar-refractivity contribution in [3.05, 3.63) is 53.2 Å². The second-order valence-corrected chi connectivity index (χ2v) is 5.51. The van der Waals surface area contributed by atoms with Crippen LogP contribution in [0.1, 0.15) is 10.4 Å². The Morgan fingerprint density at radius 1 is 0.923 bits per heavy atom. The van der Waals surface area contributed by atoms with E-state index in [0.717, 1.165) is 5.69 Å². The fraction of sp³-hybridized carbons (Fsp3) is 0.211. The number of nitrogens with one attached hydrogen (secondary N) is 1. The van der Waals surface area contributed by atoms with Crippen molar-refractivity contribution >= 4 is 23.1 Å². The number of carbonyl (C=O) groups excluding carboxylic acids is 1. The summed E-state index contributed by atoms with van der Waals surface area (Å²) in [7, 11) is 6.04. The number of anilines is 1. The summed E-state index contributed by atoms with van der Waals surface area (Å²) >= 11 is 6.07. The zero-order valence-corrected chi connectivity index (χ0v) is 15.7. The number of hydrogen-bond acceptors (Lipinski definition) is 6. The number of benzene rings is 2. The van der Waals surface area contributed by atoms with E-state index in [1.165, 1.54) is 33.6 Å². The lowest BCUT2D eigenvalue weighted by atomic mass is 10.1. The molecule has 2 rings (SSSR count). The molecule has 0 bridgehead atoms. The second-order valence-electron chi connectivity index (χ2n) is 5.11. The molecule has 0 aromatic heterocycles. The molecule has 0 unspecified atom stereocenters. The molecule has 0 spiro atoms. The molecule has 0 saturated heterocycles. The molecule has 0 saturated carbocycles. The Labute approximate surface area is 157 Å². The first kappa shape index (κ1) is 19.5. The van der Waals surface area contributed by atoms with Gasteiger partial charge in [0.1, 0.15) is 5.75 Å². The van der Waals surface area contributed by atoms with E-state index in [2.05, 4.69) is 5.32 Å². The van der Waals surface area contributed by atoms with Crippen molar-refractivity contribution in [1.29, 1.82) is 0 Å². The average Bonchev–Trinajstić information content (AvgIpc) is 2.66. The average molecular weight is 378 g/mol. The molecule has 7 heteroatoms. The minimum absolute atomic E-state index is 0.226. The summed E-state index contributed by atoms with van der Waals surface area (Å²) in [5.74, 6) is 1.62. The Morgan fingerprint density at radius 2 is 1.54 bits per heavy atom. The lowest BCUT2D eigenvalue weighted by Gasteiger charge is -2.13. The molecule has 0 aliphatic carbocycles. The third-order valence-electron chi connectivity index (χ3n) is 3.59. The number of rotatable bonds is 8. The second kappa shape index (κ2) is 9.01. The van der Waals surface area contributed by atoms with Crippen LogP contribution in [0.3, 0.4) is 0 Å². The molecular weight excluding hydrogens is 358 g/mol. The molecule has 0 amide bonds. The molecule has 1 N–H and O–H groups in total. The molecule has 2 aromatic carbocycles. The van der Waals surface area contributed by atoms with Gasteiger partial charge in [-0.25, -0.2) is 0 Å². The first-order chi connectivity index (χ1) is 12.5. The Kier molecular flexibility index (Phi) is 6.74. The molecule has 2 aromatic rings. The van der Waals surface area contributed by atoms with Crippen molar-refractivity contribution in [1.82, 2.24) is 0 Å². The molecule has 0 aliphatic rings. The smallest absolute Gasteiger partial charge is 0.203 e. The van der Waals surface area contributed by atoms with Crippen molar-refractivity contribution in [2.45, 2.75) is 0 Å². The van der Waals surface area contributed by atoms with E-state index in [-0.39, 0.29) is 5.78 Å². The monoisotopic (exact) mass is 377 g/mol. The predicted octanol–water partition coefficient (Wildman–Crippen LogP) is 4.18. The predicted molar refractivity (Wildman–Crippen MR) is 101 cm³/mol. The van der Waals surface area contributed by atoms with Crippen molar-refractivity contribution < 1.29 is 23.7 Å². The van der Waals surface area contributed by atoms with Gasteiger partial charge in [-0.05, 0) is 30.3 Å². The molecule has 26 heavy (non-hydrogen) atoms. The van der Waals surface area contributed by atoms with Gasteiger partial charge >= 0.3 is 0 Å². The summed E-state index contributed by atoms with van der Waals surface area (Å²) in [4.78, 5) is 12.4. The number of halogens is 1. The first-order valence-electron chi connectivity index (χ1n) is 7.65. The van der Waals surface area contributed by atoms with E-state index in [4.69, 9.17) is 30.5 Å². The van der Waals surface area contributed by atoms with Gasteiger partial charge in [0, 0.05) is 23.5 Å². The van der Waals surface area contributed by atoms with E-state index in [1.807, 2.05) is 0 Å². The minimum Gasteiger partial charge on any atom is -0.495 e. The zero-order chi connectivity index (χ0) is 19.1. The first-order valence-corrected chi connectivity index (χ1v) is 8.02. The maximum atomic E-state index is 12.4. The molecule has 0 radical (unpaired) electrons. The minimum atomic E-state index is -0.226. The molecule has 0 atom stereocenters. The molecular formula is C19H20ClNO5. The van der Waals surface area contributed by atoms with Gasteiger partial charge in [0.25, 0.3) is 0 Å². The van der Waals surface area contributed by atoms with Gasteiger partial charge in [0.05, 0.1) is 33.5 Å². The van der Waals surface area contributed by atoms with E-state index < -0.39 is 0 Å². The normalized spacial score (nSPS) is 10.5. The highest BCUT2D eigenvalue weighted by molar-refractivity contribution is 6.32. The molecule has 0 aliphatic heterocycles. The Hall–Kier alpha value is -2.86. The quantitative estimate of drug-likeness (QED) is 0.550. The zero-order valence-electron chi connectivity index (χ0n) is 15.0. The van der Waals surface area contributed by atoms with Gasteiger partial charge in [0.2, 0.25) is 5.75 Å². The van der Waals surface area contributed by atoms with E-state index in [1.54, 1.807) is 37.4 Å². The summed E-state index contributed by atoms with van der Waals surface area (Å²) in [5, 5.41) is 3.46. The summed E-state index contributed by atoms with van der Waals surface area (Å²) in [6.45, 7) is 0. The van der Waals surface area contributed by atoms with Gasteiger partial charge in [-0.1, -0.05) is 11.6 Å². The lowest BCUT2D eigenvalue weighted by Crippen LogP contribution is -2.01. The maximum absolute atomic E-state index is 12.4. The van der Waals surface area contributed by atoms with Crippen molar-refractivity contribution in [2.75, 3.05) is 33.8 Å². The van der Waals surface area contributed by atoms with Crippen LogP contribution in [0.25, 0.3) is 0 Å². The third kappa shape index (κ3) is 4.40. The van der Waals surface area contributed by atoms with Gasteiger partial charge in [0.15, 0.2) is 17.3 Å². The van der Waals surface area contributed by atoms with Gasteiger partial charge in [-0.2, -0.15) is 0 Å². The van der Waals surface area contributed by atoms with Crippen LogP contribution >= 0.6 is 11.6 Å². The van der Waals surface area contributed by atoms with Crippen LogP contribution in [0, 0.1) is 0 Å². The Bertz CT molecular complexity index is 795. The standard InChI is InChI=1S/C19H20ClNO5/c1-23-16-6-5-13(11-14(16)20)21-8-7-15(22)12-9-17(24-2)19(26-4)18(10-12)25-3/h5-11,21H,1-4H3/b8-7-. The van der Waals surface area contributed by atoms with E-state index in [0.29, 0.717) is 33.6 Å². The van der Waals surface area contributed by atoms with Crippen LogP contribution in [0.4, 0.5) is 5.69 Å². The highest BCUT2D eigenvalue weighted by Gasteiger charge is 2.15. The van der Waals surface area contributed by atoms with Crippen LogP contribution < -0.4 is 24.3 Å². The van der Waals surface area contributed by atoms with Crippen LogP contribution in [0.2, 0.25) is 5.02 Å². The van der Waals surface area contributed by atoms with Crippen molar-refractivity contribution in [3.63, 3.8) is 0 Å². The number of ketones is 1. The van der Waals surface area contributed by atoms with E-state index >= 15 is 0 Å². The van der Waals surface area contributed by atoms with Crippen LogP contribution in [-0.2, 0) is 0 Å². The fourth-order valence-electron chi connectivity index (χ4n) is 2.29. The summed E-state index contributed by atoms with van der Waals surface area (Å²) in [6.07, 6.45) is 2.93. The number of carbonyl (C=O) groups is 1. The summed E-state index contributed by atoms with van der Waals surface area (Å²) < 4.78 is 20.9. The summed E-state index contributed by atoms with van der Waals surface area (Å²) in [6, 6.07) is 8.42. The van der Waals surface area contributed by atoms with Crippen LogP contribution in [0.5, 0.6) is 23.0 Å². The topological polar surface area (TPSA) is 66.0 Å². The fourth-order valence-corrected chi connectivity index (χ4v) is 2.55. The molecule has 138 valence electrons. The van der Waals surface area contributed by atoms with Gasteiger partial charge < -0.3 is 24.3 Å². The molecule has 6 nitrogen and oxygen atoms in total. The Morgan fingerprint density at radius 3 is 2.04 bits per heavy atom. The maximum Gasteiger partial charge on any atom is 0.203 e. The van der Waals surface area contributed by atoms with Crippen molar-refractivity contribution in [2.24, 2.45) is 0 Å². The molecule has 0 heterocycles. The van der Waals surface area contributed by atoms with Crippen LogP contribution in [0.15, 0.2) is 42.6 Å². The lowest BCUT2D eigenvalue weighted by molar-refractivity contribution is 0.104. The largest absolute Gasteiger partial charge is 0.495 e. The number of methoxy groups -OCH3 is 4. The summed E-state index contributed by atoms with van der Waals surface area (Å²) in [5.41, 5.74) is 1.13. The number of hydrogen-bond donors (Lipinski definition) is 1. The highest BCUT2D eigenvalue weighted by atomic mass is 35.5. The van der Waals surface area contributed by atoms with Crippen LogP contribution in [-0.4, -0.2) is 34.2 Å². The van der Waals surface area contributed by atoms with Gasteiger partial charge in [-0.15, -0.1) is 0 Å². The van der Waals surface area contributed by atoms with Gasteiger partial charge in [-0.3, -0.25) is 4.79 Å². The highest BCUT2D eigenvalue weighted by Crippen LogP contribution is 2.38. The number of allylic oxidation sites excluding steroid dienone is 1. The molecule has 0 fully saturated rings. The third-order valence-corrected chi connectivity index (χ3v) is 3.88. The van der Waals surface area contributed by atoms with Crippen molar-refractivity contribution in [3.8, 4) is 23.0 Å². The van der Waals surface area contributed by atoms with E-state index in [9.17, 15) is 4.79 Å². The SMILES string of the molecule is COc1ccc(N/C=C\C(=O)c2cc(OC)c(OC)c(OC)c2)cc1Cl.